The molecule has 2 aromatic rings. The Balaban J connectivity index is 1.96. The van der Waals surface area contributed by atoms with E-state index in [-0.39, 0.29) is 17.7 Å². The predicted octanol–water partition coefficient (Wildman–Crippen LogP) is 0.652. The molecule has 0 fully saturated rings. The summed E-state index contributed by atoms with van der Waals surface area (Å²) >= 11 is 0. The first-order valence-corrected chi connectivity index (χ1v) is 7.56. The number of rotatable bonds is 4. The molecule has 0 aliphatic rings. The lowest BCUT2D eigenvalue weighted by molar-refractivity contribution is -0.121. The van der Waals surface area contributed by atoms with Gasteiger partial charge in [-0.15, -0.1) is 0 Å². The number of nitrogens with one attached hydrogen (secondary N) is 3. The summed E-state index contributed by atoms with van der Waals surface area (Å²) in [6.07, 6.45) is 1.89. The minimum absolute atomic E-state index is 0.0458. The van der Waals surface area contributed by atoms with Gasteiger partial charge >= 0.3 is 0 Å². The van der Waals surface area contributed by atoms with Crippen molar-refractivity contribution in [3.05, 3.63) is 62.8 Å². The molecule has 0 aliphatic heterocycles. The van der Waals surface area contributed by atoms with Crippen LogP contribution in [0.4, 0.5) is 0 Å². The zero-order chi connectivity index (χ0) is 18.4. The number of carbonyl (C=O) groups is 2. The third-order valence-electron chi connectivity index (χ3n) is 3.74. The highest BCUT2D eigenvalue weighted by Gasteiger charge is 2.14. The van der Waals surface area contributed by atoms with Gasteiger partial charge in [-0.3, -0.25) is 30.2 Å². The largest absolute Gasteiger partial charge is 0.325 e. The second kappa shape index (κ2) is 7.88. The highest BCUT2D eigenvalue weighted by Crippen LogP contribution is 2.14. The maximum atomic E-state index is 11.9. The summed E-state index contributed by atoms with van der Waals surface area (Å²) < 4.78 is 0. The summed E-state index contributed by atoms with van der Waals surface area (Å²) in [7, 11) is 0. The molecule has 2 amide bonds. The number of pyridine rings is 2. The Morgan fingerprint density at radius 3 is 2.68 bits per heavy atom. The summed E-state index contributed by atoms with van der Waals surface area (Å²) in [5, 5.41) is 9.04. The summed E-state index contributed by atoms with van der Waals surface area (Å²) in [6, 6.07) is 6.74. The first kappa shape index (κ1) is 17.9. The number of aryl methyl sites for hydroxylation is 1. The van der Waals surface area contributed by atoms with Crippen LogP contribution in [-0.4, -0.2) is 21.8 Å². The van der Waals surface area contributed by atoms with E-state index in [0.717, 1.165) is 5.56 Å². The first-order chi connectivity index (χ1) is 11.9. The van der Waals surface area contributed by atoms with E-state index in [1.807, 2.05) is 6.07 Å². The van der Waals surface area contributed by atoms with Gasteiger partial charge in [0.1, 0.15) is 17.3 Å². The van der Waals surface area contributed by atoms with E-state index in [4.69, 9.17) is 5.26 Å². The van der Waals surface area contributed by atoms with Crippen LogP contribution in [0, 0.1) is 25.2 Å². The van der Waals surface area contributed by atoms with Crippen LogP contribution in [0.3, 0.4) is 0 Å². The summed E-state index contributed by atoms with van der Waals surface area (Å²) in [5.41, 5.74) is 6.32. The Labute approximate surface area is 143 Å². The molecule has 0 unspecified atom stereocenters. The van der Waals surface area contributed by atoms with Gasteiger partial charge in [-0.1, -0.05) is 6.07 Å². The van der Waals surface area contributed by atoms with Gasteiger partial charge in [0, 0.05) is 18.3 Å². The topological polar surface area (TPSA) is 128 Å². The summed E-state index contributed by atoms with van der Waals surface area (Å²) in [6.45, 7) is 3.39. The maximum absolute atomic E-state index is 11.9. The Hall–Kier alpha value is -3.47. The smallest absolute Gasteiger partial charge is 0.288 e. The number of H-pyrrole nitrogens is 1. The molecule has 0 aliphatic carbocycles. The van der Waals surface area contributed by atoms with E-state index in [9.17, 15) is 14.4 Å². The summed E-state index contributed by atoms with van der Waals surface area (Å²) in [4.78, 5) is 41.9. The van der Waals surface area contributed by atoms with Crippen molar-refractivity contribution in [3.8, 4) is 6.07 Å². The van der Waals surface area contributed by atoms with Crippen molar-refractivity contribution < 1.29 is 9.59 Å². The monoisotopic (exact) mass is 339 g/mol. The SMILES string of the molecule is Cc1[nH]c(=O)c(C#N)c(C)c1CCC(=O)NNC(=O)c1ccccn1. The number of nitriles is 1. The molecule has 2 rings (SSSR count). The first-order valence-electron chi connectivity index (χ1n) is 7.56. The Kier molecular flexibility index (Phi) is 5.63. The second-order valence-electron chi connectivity index (χ2n) is 5.39. The van der Waals surface area contributed by atoms with Gasteiger partial charge in [-0.05, 0) is 43.5 Å². The van der Waals surface area contributed by atoms with Crippen molar-refractivity contribution >= 4 is 11.8 Å². The fraction of sp³-hybridized carbons (Fsp3) is 0.235. The quantitative estimate of drug-likeness (QED) is 0.705. The third kappa shape index (κ3) is 4.29. The van der Waals surface area contributed by atoms with E-state index < -0.39 is 17.4 Å². The molecule has 0 spiro atoms. The van der Waals surface area contributed by atoms with E-state index >= 15 is 0 Å². The molecule has 0 saturated carbocycles. The van der Waals surface area contributed by atoms with Gasteiger partial charge in [0.2, 0.25) is 5.91 Å². The predicted molar refractivity (Wildman–Crippen MR) is 89.4 cm³/mol. The number of hydrogen-bond acceptors (Lipinski definition) is 5. The number of hydrazine groups is 1. The van der Waals surface area contributed by atoms with Crippen LogP contribution in [-0.2, 0) is 11.2 Å². The molecule has 0 bridgehead atoms. The van der Waals surface area contributed by atoms with E-state index in [2.05, 4.69) is 20.8 Å². The summed E-state index contributed by atoms with van der Waals surface area (Å²) in [5.74, 6) is -0.912. The molecule has 2 heterocycles. The van der Waals surface area contributed by atoms with Crippen LogP contribution in [0.15, 0.2) is 29.2 Å². The van der Waals surface area contributed by atoms with Gasteiger partial charge in [-0.2, -0.15) is 5.26 Å². The Morgan fingerprint density at radius 1 is 1.28 bits per heavy atom. The van der Waals surface area contributed by atoms with Crippen molar-refractivity contribution in [3.63, 3.8) is 0 Å². The lowest BCUT2D eigenvalue weighted by Crippen LogP contribution is -2.42. The molecule has 0 aromatic carbocycles. The van der Waals surface area contributed by atoms with Crippen LogP contribution in [0.25, 0.3) is 0 Å². The van der Waals surface area contributed by atoms with Crippen molar-refractivity contribution in [2.45, 2.75) is 26.7 Å². The normalized spacial score (nSPS) is 9.96. The lowest BCUT2D eigenvalue weighted by Gasteiger charge is -2.11. The number of aromatic nitrogens is 2. The van der Waals surface area contributed by atoms with Crippen LogP contribution >= 0.6 is 0 Å². The highest BCUT2D eigenvalue weighted by atomic mass is 16.2. The average Bonchev–Trinajstić information content (AvgIpc) is 2.60. The zero-order valence-corrected chi connectivity index (χ0v) is 13.8. The maximum Gasteiger partial charge on any atom is 0.288 e. The zero-order valence-electron chi connectivity index (χ0n) is 13.8. The van der Waals surface area contributed by atoms with Crippen molar-refractivity contribution in [1.29, 1.82) is 5.26 Å². The van der Waals surface area contributed by atoms with E-state index in [0.29, 0.717) is 17.7 Å². The number of amides is 2. The average molecular weight is 339 g/mol. The van der Waals surface area contributed by atoms with Crippen LogP contribution in [0.2, 0.25) is 0 Å². The molecule has 0 radical (unpaired) electrons. The van der Waals surface area contributed by atoms with Gasteiger partial charge in [0.05, 0.1) is 0 Å². The van der Waals surface area contributed by atoms with Gasteiger partial charge in [0.15, 0.2) is 0 Å². The van der Waals surface area contributed by atoms with E-state index in [1.165, 1.54) is 12.3 Å². The minimum Gasteiger partial charge on any atom is -0.325 e. The molecule has 25 heavy (non-hydrogen) atoms. The Morgan fingerprint density at radius 2 is 2.04 bits per heavy atom. The Bertz CT molecular complexity index is 897. The molecular formula is C17H17N5O3. The van der Waals surface area contributed by atoms with Crippen molar-refractivity contribution in [2.24, 2.45) is 0 Å². The minimum atomic E-state index is -0.517. The van der Waals surface area contributed by atoms with Crippen molar-refractivity contribution in [1.82, 2.24) is 20.8 Å². The highest BCUT2D eigenvalue weighted by molar-refractivity contribution is 5.93. The molecular weight excluding hydrogens is 322 g/mol. The number of hydrogen-bond donors (Lipinski definition) is 3. The third-order valence-corrected chi connectivity index (χ3v) is 3.74. The van der Waals surface area contributed by atoms with Crippen LogP contribution < -0.4 is 16.4 Å². The number of nitrogens with zero attached hydrogens (tertiary/aromatic N) is 2. The molecule has 0 saturated heterocycles. The van der Waals surface area contributed by atoms with E-state index in [1.54, 1.807) is 26.0 Å². The lowest BCUT2D eigenvalue weighted by atomic mass is 9.99. The number of aromatic amines is 1. The number of carbonyl (C=O) groups excluding carboxylic acids is 2. The van der Waals surface area contributed by atoms with Gasteiger partial charge in [-0.25, -0.2) is 0 Å². The van der Waals surface area contributed by atoms with Crippen molar-refractivity contribution in [2.75, 3.05) is 0 Å². The molecule has 2 aromatic heterocycles. The molecule has 3 N–H and O–H groups in total. The fourth-order valence-corrected chi connectivity index (χ4v) is 2.41. The molecule has 8 heteroatoms. The van der Waals surface area contributed by atoms with Gasteiger partial charge in [0.25, 0.3) is 11.5 Å². The second-order valence-corrected chi connectivity index (χ2v) is 5.39. The fourth-order valence-electron chi connectivity index (χ4n) is 2.41. The molecule has 128 valence electrons. The van der Waals surface area contributed by atoms with Crippen LogP contribution in [0.1, 0.15) is 39.3 Å². The molecule has 8 nitrogen and oxygen atoms in total. The standard InChI is InChI=1S/C17H17N5O3/c1-10-12(11(2)20-16(24)13(10)9-18)6-7-15(23)21-22-17(25)14-5-3-4-8-19-14/h3-5,8H,6-7H2,1-2H3,(H,20,24)(H,21,23)(H,22,25). The molecule has 0 atom stereocenters. The van der Waals surface area contributed by atoms with Crippen LogP contribution in [0.5, 0.6) is 0 Å². The van der Waals surface area contributed by atoms with Gasteiger partial charge < -0.3 is 4.98 Å².